The summed E-state index contributed by atoms with van der Waals surface area (Å²) in [4.78, 5) is 19.0. The van der Waals surface area contributed by atoms with Crippen molar-refractivity contribution in [3.05, 3.63) is 65.7 Å². The zero-order valence-corrected chi connectivity index (χ0v) is 24.4. The molecule has 40 heavy (non-hydrogen) atoms. The fourth-order valence-corrected chi connectivity index (χ4v) is 5.52. The lowest BCUT2D eigenvalue weighted by atomic mass is 9.75. The van der Waals surface area contributed by atoms with Crippen LogP contribution in [0.5, 0.6) is 5.75 Å². The molecule has 9 heteroatoms. The lowest BCUT2D eigenvalue weighted by Gasteiger charge is -2.43. The van der Waals surface area contributed by atoms with Crippen LogP contribution in [0.3, 0.4) is 0 Å². The van der Waals surface area contributed by atoms with Crippen LogP contribution in [-0.4, -0.2) is 50.8 Å². The van der Waals surface area contributed by atoms with Crippen molar-refractivity contribution in [3.63, 3.8) is 0 Å². The van der Waals surface area contributed by atoms with Crippen molar-refractivity contribution in [3.8, 4) is 28.6 Å². The largest absolute Gasteiger partial charge is 0.489 e. The van der Waals surface area contributed by atoms with Crippen LogP contribution in [0, 0.1) is 5.41 Å². The monoisotopic (exact) mass is 566 g/mol. The molecule has 8 nitrogen and oxygen atoms in total. The van der Waals surface area contributed by atoms with Crippen LogP contribution in [0.1, 0.15) is 65.0 Å². The third kappa shape index (κ3) is 6.92. The summed E-state index contributed by atoms with van der Waals surface area (Å²) in [5, 5.41) is 14.6. The first kappa shape index (κ1) is 29.8. The van der Waals surface area contributed by atoms with Crippen LogP contribution >= 0.6 is 11.6 Å². The normalized spacial score (nSPS) is 16.6. The summed E-state index contributed by atoms with van der Waals surface area (Å²) >= 11 is 6.39. The highest BCUT2D eigenvalue weighted by molar-refractivity contribution is 6.32. The van der Waals surface area contributed by atoms with Crippen LogP contribution in [0.15, 0.2) is 59.6 Å². The molecule has 0 saturated carbocycles. The second kappa shape index (κ2) is 12.1. The van der Waals surface area contributed by atoms with Gasteiger partial charge in [-0.2, -0.15) is 4.98 Å². The number of carbonyl (C=O) groups is 1. The van der Waals surface area contributed by atoms with Gasteiger partial charge in [-0.1, -0.05) is 47.1 Å². The number of carboxylic acid groups (broad SMARTS) is 1. The van der Waals surface area contributed by atoms with Crippen molar-refractivity contribution in [1.82, 2.24) is 15.0 Å². The molecule has 1 fully saturated rings. The summed E-state index contributed by atoms with van der Waals surface area (Å²) in [5.74, 6) is 0.710. The van der Waals surface area contributed by atoms with Gasteiger partial charge in [-0.15, -0.1) is 6.58 Å². The van der Waals surface area contributed by atoms with Gasteiger partial charge in [0, 0.05) is 22.7 Å². The van der Waals surface area contributed by atoms with Crippen molar-refractivity contribution in [1.29, 1.82) is 0 Å². The number of rotatable bonds is 11. The molecule has 0 bridgehead atoms. The number of halogens is 1. The molecule has 214 valence electrons. The Kier molecular flexibility index (Phi) is 9.02. The molecule has 3 N–H and O–H groups in total. The van der Waals surface area contributed by atoms with Gasteiger partial charge in [-0.25, -0.2) is 0 Å². The van der Waals surface area contributed by atoms with Gasteiger partial charge in [0.2, 0.25) is 5.82 Å². The van der Waals surface area contributed by atoms with Gasteiger partial charge in [-0.3, -0.25) is 9.69 Å². The lowest BCUT2D eigenvalue weighted by Crippen LogP contribution is -2.47. The summed E-state index contributed by atoms with van der Waals surface area (Å²) in [6.45, 7) is 13.1. The molecule has 0 aliphatic carbocycles. The number of nitrogens with zero attached hydrogens (tertiary/aromatic N) is 3. The fourth-order valence-electron chi connectivity index (χ4n) is 5.30. The molecule has 2 aromatic carbocycles. The first-order chi connectivity index (χ1) is 18.9. The predicted octanol–water partition coefficient (Wildman–Crippen LogP) is 6.76. The smallest absolute Gasteiger partial charge is 0.310 e. The zero-order chi connectivity index (χ0) is 29.1. The molecule has 0 amide bonds. The molecule has 2 heterocycles. The van der Waals surface area contributed by atoms with E-state index in [1.165, 1.54) is 0 Å². The maximum absolute atomic E-state index is 12.1. The van der Waals surface area contributed by atoms with Crippen LogP contribution in [0.2, 0.25) is 5.02 Å². The third-order valence-corrected chi connectivity index (χ3v) is 7.72. The molecule has 1 saturated heterocycles. The summed E-state index contributed by atoms with van der Waals surface area (Å²) < 4.78 is 11.2. The van der Waals surface area contributed by atoms with Crippen LogP contribution in [0.25, 0.3) is 22.8 Å². The standard InChI is InChI=1S/C31H39ClN4O4/c1-6-13-31(29(37)38)14-16-36(17-15-31)25(19-30(4,5)33)21-7-9-22(10-8-21)27-34-28(40-35-27)23-11-12-26(24(32)18-23)39-20(2)3/h6-12,18,20,25H,1,13-17,19,33H2,2-5H3,(H,37,38). The molecule has 4 rings (SSSR count). The Morgan fingerprint density at radius 3 is 2.42 bits per heavy atom. The number of allylic oxidation sites excluding steroid dienone is 1. The Labute approximate surface area is 241 Å². The Balaban J connectivity index is 1.53. The highest BCUT2D eigenvalue weighted by Gasteiger charge is 2.42. The van der Waals surface area contributed by atoms with Crippen molar-refractivity contribution in [2.45, 2.75) is 71.1 Å². The molecule has 1 aliphatic heterocycles. The first-order valence-electron chi connectivity index (χ1n) is 13.7. The number of carboxylic acids is 1. The Hall–Kier alpha value is -3.20. The number of benzene rings is 2. The minimum absolute atomic E-state index is 0.0160. The van der Waals surface area contributed by atoms with Crippen molar-refractivity contribution >= 4 is 17.6 Å². The van der Waals surface area contributed by atoms with E-state index >= 15 is 0 Å². The molecular formula is C31H39ClN4O4. The minimum atomic E-state index is -0.743. The molecule has 1 atom stereocenters. The van der Waals surface area contributed by atoms with E-state index in [2.05, 4.69) is 33.8 Å². The SMILES string of the molecule is C=CCC1(C(=O)O)CCN(C(CC(C)(C)N)c2ccc(-c3noc(-c4ccc(OC(C)C)c(Cl)c4)n3)cc2)CC1. The van der Waals surface area contributed by atoms with Gasteiger partial charge in [0.25, 0.3) is 5.89 Å². The Bertz CT molecular complexity index is 1320. The average Bonchev–Trinajstić information content (AvgIpc) is 3.39. The highest BCUT2D eigenvalue weighted by Crippen LogP contribution is 2.40. The van der Waals surface area contributed by atoms with Gasteiger partial charge in [0.15, 0.2) is 0 Å². The molecule has 0 radical (unpaired) electrons. The molecule has 1 aliphatic rings. The lowest BCUT2D eigenvalue weighted by molar-refractivity contribution is -0.152. The summed E-state index contributed by atoms with van der Waals surface area (Å²) in [6, 6.07) is 13.6. The van der Waals surface area contributed by atoms with Crippen LogP contribution in [0.4, 0.5) is 0 Å². The Morgan fingerprint density at radius 1 is 1.23 bits per heavy atom. The van der Waals surface area contributed by atoms with Gasteiger partial charge in [0.05, 0.1) is 16.5 Å². The maximum Gasteiger partial charge on any atom is 0.310 e. The zero-order valence-electron chi connectivity index (χ0n) is 23.7. The van der Waals surface area contributed by atoms with Crippen molar-refractivity contribution in [2.75, 3.05) is 13.1 Å². The fraction of sp³-hybridized carbons (Fsp3) is 0.452. The average molecular weight is 567 g/mol. The summed E-state index contributed by atoms with van der Waals surface area (Å²) in [6.07, 6.45) is 4.10. The van der Waals surface area contributed by atoms with Crippen molar-refractivity contribution < 1.29 is 19.2 Å². The van der Waals surface area contributed by atoms with Gasteiger partial charge < -0.3 is 20.1 Å². The number of hydrogen-bond donors (Lipinski definition) is 2. The quantitative estimate of drug-likeness (QED) is 0.245. The maximum atomic E-state index is 12.1. The molecule has 0 spiro atoms. The van der Waals surface area contributed by atoms with E-state index in [-0.39, 0.29) is 12.1 Å². The first-order valence-corrected chi connectivity index (χ1v) is 14.1. The number of ether oxygens (including phenoxy) is 1. The minimum Gasteiger partial charge on any atom is -0.489 e. The van der Waals surface area contributed by atoms with Crippen LogP contribution < -0.4 is 10.5 Å². The van der Waals surface area contributed by atoms with Gasteiger partial charge in [-0.05, 0) is 90.2 Å². The van der Waals surface area contributed by atoms with Crippen molar-refractivity contribution in [2.24, 2.45) is 11.1 Å². The number of likely N-dealkylation sites (tertiary alicyclic amines) is 1. The number of hydrogen-bond acceptors (Lipinski definition) is 7. The van der Waals surface area contributed by atoms with E-state index in [1.54, 1.807) is 18.2 Å². The van der Waals surface area contributed by atoms with E-state index in [9.17, 15) is 9.90 Å². The molecule has 1 aromatic heterocycles. The number of aliphatic carboxylic acids is 1. The number of nitrogens with two attached hydrogens (primary N) is 1. The van der Waals surface area contributed by atoms with Crippen LogP contribution in [-0.2, 0) is 4.79 Å². The van der Waals surface area contributed by atoms with Gasteiger partial charge >= 0.3 is 5.97 Å². The number of piperidine rings is 1. The molecule has 3 aromatic rings. The van der Waals surface area contributed by atoms with E-state index in [4.69, 9.17) is 26.6 Å². The second-order valence-corrected chi connectivity index (χ2v) is 12.1. The van der Waals surface area contributed by atoms with E-state index in [0.29, 0.717) is 60.4 Å². The highest BCUT2D eigenvalue weighted by atomic mass is 35.5. The number of aromatic nitrogens is 2. The Morgan fingerprint density at radius 2 is 1.88 bits per heavy atom. The van der Waals surface area contributed by atoms with E-state index in [1.807, 2.05) is 45.9 Å². The van der Waals surface area contributed by atoms with E-state index in [0.717, 1.165) is 17.5 Å². The summed E-state index contributed by atoms with van der Waals surface area (Å²) in [7, 11) is 0. The second-order valence-electron chi connectivity index (χ2n) is 11.7. The molecule has 1 unspecified atom stereocenters. The third-order valence-electron chi connectivity index (χ3n) is 7.43. The van der Waals surface area contributed by atoms with E-state index < -0.39 is 16.9 Å². The molecular weight excluding hydrogens is 528 g/mol. The summed E-state index contributed by atoms with van der Waals surface area (Å²) in [5.41, 5.74) is 7.98. The topological polar surface area (TPSA) is 115 Å². The predicted molar refractivity (Wildman–Crippen MR) is 157 cm³/mol. The van der Waals surface area contributed by atoms with Gasteiger partial charge in [0.1, 0.15) is 5.75 Å².